The molecule has 0 spiro atoms. The van der Waals surface area contributed by atoms with Crippen LogP contribution in [0.5, 0.6) is 0 Å². The minimum Gasteiger partial charge on any atom is -0.309 e. The summed E-state index contributed by atoms with van der Waals surface area (Å²) in [6, 6.07) is 64.4. The molecule has 0 aliphatic carbocycles. The lowest BCUT2D eigenvalue weighted by molar-refractivity contribution is 1.19. The van der Waals surface area contributed by atoms with E-state index in [1.165, 1.54) is 87.1 Å². The topological polar surface area (TPSA) is 4.93 Å². The maximum absolute atomic E-state index is 2.51. The van der Waals surface area contributed by atoms with Crippen molar-refractivity contribution in [1.82, 2.24) is 4.57 Å². The molecule has 0 amide bonds. The predicted octanol–water partition coefficient (Wildman–Crippen LogP) is 12.7. The Bertz CT molecular complexity index is 2810. The first kappa shape index (κ1) is 26.1. The van der Waals surface area contributed by atoms with Crippen LogP contribution in [0.2, 0.25) is 0 Å². The molecule has 0 unspecified atom stereocenters. The minimum absolute atomic E-state index is 1.16. The van der Waals surface area contributed by atoms with Crippen LogP contribution in [0.25, 0.3) is 92.8 Å². The molecule has 47 heavy (non-hydrogen) atoms. The summed E-state index contributed by atoms with van der Waals surface area (Å²) in [4.78, 5) is 0. The van der Waals surface area contributed by atoms with Gasteiger partial charge in [0, 0.05) is 27.2 Å². The molecule has 0 saturated carbocycles. The van der Waals surface area contributed by atoms with Crippen molar-refractivity contribution in [3.05, 3.63) is 176 Å². The van der Waals surface area contributed by atoms with Crippen molar-refractivity contribution in [3.8, 4) is 27.9 Å². The van der Waals surface area contributed by atoms with E-state index >= 15 is 0 Å². The van der Waals surface area contributed by atoms with Crippen molar-refractivity contribution in [3.63, 3.8) is 0 Å². The largest absolute Gasteiger partial charge is 0.309 e. The third-order valence-corrected chi connectivity index (χ3v) is 9.94. The smallest absolute Gasteiger partial charge is 0.0626 e. The number of hydrogen-bond donors (Lipinski definition) is 0. The molecule has 0 N–H and O–H groups in total. The molecule has 1 nitrogen and oxygen atoms in total. The molecule has 9 aromatic carbocycles. The third kappa shape index (κ3) is 3.84. The van der Waals surface area contributed by atoms with Crippen LogP contribution in [-0.2, 0) is 0 Å². The summed E-state index contributed by atoms with van der Waals surface area (Å²) in [5.41, 5.74) is 8.59. The predicted molar refractivity (Wildman–Crippen MR) is 202 cm³/mol. The lowest BCUT2D eigenvalue weighted by Gasteiger charge is -2.16. The molecule has 0 radical (unpaired) electrons. The van der Waals surface area contributed by atoms with Gasteiger partial charge < -0.3 is 4.57 Å². The van der Waals surface area contributed by atoms with E-state index in [-0.39, 0.29) is 0 Å². The van der Waals surface area contributed by atoms with Gasteiger partial charge in [-0.2, -0.15) is 0 Å². The second-order valence-corrected chi connectivity index (χ2v) is 12.5. The van der Waals surface area contributed by atoms with Gasteiger partial charge in [-0.25, -0.2) is 0 Å². The van der Waals surface area contributed by atoms with Crippen LogP contribution in [0.4, 0.5) is 0 Å². The SMILES string of the molecule is c1ccc(-c2ccc(-n3c4ccc5ccccc5c4c4c5c6ccccc6c(-c6ccccc6)cc5c5ccccc5c43)cc2)cc1. The second kappa shape index (κ2) is 10.2. The average molecular weight is 596 g/mol. The number of fused-ring (bicyclic) bond motifs is 12. The molecule has 0 aliphatic heterocycles. The van der Waals surface area contributed by atoms with E-state index in [1.807, 2.05) is 0 Å². The summed E-state index contributed by atoms with van der Waals surface area (Å²) in [5, 5.41) is 12.8. The van der Waals surface area contributed by atoms with E-state index in [0.29, 0.717) is 0 Å². The quantitative estimate of drug-likeness (QED) is 0.179. The van der Waals surface area contributed by atoms with Gasteiger partial charge in [-0.1, -0.05) is 152 Å². The van der Waals surface area contributed by atoms with Gasteiger partial charge in [0.15, 0.2) is 0 Å². The Balaban J connectivity index is 1.44. The lowest BCUT2D eigenvalue weighted by atomic mass is 9.88. The summed E-state index contributed by atoms with van der Waals surface area (Å²) in [7, 11) is 0. The minimum atomic E-state index is 1.16. The maximum atomic E-state index is 2.51. The molecule has 0 fully saturated rings. The van der Waals surface area contributed by atoms with Gasteiger partial charge >= 0.3 is 0 Å². The van der Waals surface area contributed by atoms with E-state index in [4.69, 9.17) is 0 Å². The van der Waals surface area contributed by atoms with Crippen molar-refractivity contribution >= 4 is 64.9 Å². The van der Waals surface area contributed by atoms with Crippen LogP contribution < -0.4 is 0 Å². The summed E-state index contributed by atoms with van der Waals surface area (Å²) in [6.07, 6.45) is 0. The highest BCUT2D eigenvalue weighted by atomic mass is 15.0. The van der Waals surface area contributed by atoms with Crippen LogP contribution in [0.3, 0.4) is 0 Å². The van der Waals surface area contributed by atoms with Gasteiger partial charge in [-0.15, -0.1) is 0 Å². The van der Waals surface area contributed by atoms with Gasteiger partial charge in [0.25, 0.3) is 0 Å². The van der Waals surface area contributed by atoms with Crippen molar-refractivity contribution in [1.29, 1.82) is 0 Å². The highest BCUT2D eigenvalue weighted by molar-refractivity contribution is 6.40. The Hall–Kier alpha value is -6.18. The molecule has 10 rings (SSSR count). The van der Waals surface area contributed by atoms with E-state index in [1.54, 1.807) is 0 Å². The first-order valence-corrected chi connectivity index (χ1v) is 16.3. The molecule has 0 bridgehead atoms. The molecule has 1 heteroatoms. The fourth-order valence-electron chi connectivity index (χ4n) is 7.90. The summed E-state index contributed by atoms with van der Waals surface area (Å²) in [6.45, 7) is 0. The number of benzene rings is 9. The van der Waals surface area contributed by atoms with Crippen molar-refractivity contribution in [2.24, 2.45) is 0 Å². The van der Waals surface area contributed by atoms with Crippen LogP contribution in [0, 0.1) is 0 Å². The van der Waals surface area contributed by atoms with Crippen LogP contribution >= 0.6 is 0 Å². The molecule has 0 saturated heterocycles. The van der Waals surface area contributed by atoms with E-state index in [0.717, 1.165) is 5.69 Å². The fraction of sp³-hybridized carbons (Fsp3) is 0. The zero-order valence-electron chi connectivity index (χ0n) is 25.7. The average Bonchev–Trinajstić information content (AvgIpc) is 3.51. The van der Waals surface area contributed by atoms with Gasteiger partial charge in [0.1, 0.15) is 0 Å². The molecule has 10 aromatic rings. The van der Waals surface area contributed by atoms with Crippen molar-refractivity contribution < 1.29 is 0 Å². The van der Waals surface area contributed by atoms with Gasteiger partial charge in [-0.05, 0) is 78.8 Å². The van der Waals surface area contributed by atoms with Crippen LogP contribution in [-0.4, -0.2) is 4.57 Å². The molecule has 0 aliphatic rings. The Labute approximate surface area is 272 Å². The monoisotopic (exact) mass is 595 g/mol. The van der Waals surface area contributed by atoms with Crippen LogP contribution in [0.1, 0.15) is 0 Å². The fourth-order valence-corrected chi connectivity index (χ4v) is 7.90. The molecule has 218 valence electrons. The Kier molecular flexibility index (Phi) is 5.64. The van der Waals surface area contributed by atoms with Crippen LogP contribution in [0.15, 0.2) is 176 Å². The summed E-state index contributed by atoms with van der Waals surface area (Å²) >= 11 is 0. The molecular formula is C46H29N. The molecule has 0 atom stereocenters. The van der Waals surface area contributed by atoms with Gasteiger partial charge in [-0.3, -0.25) is 0 Å². The third-order valence-electron chi connectivity index (χ3n) is 9.94. The highest BCUT2D eigenvalue weighted by Crippen LogP contribution is 2.48. The Morgan fingerprint density at radius 2 is 0.894 bits per heavy atom. The van der Waals surface area contributed by atoms with E-state index in [2.05, 4.69) is 180 Å². The summed E-state index contributed by atoms with van der Waals surface area (Å²) in [5.74, 6) is 0. The number of nitrogens with zero attached hydrogens (tertiary/aromatic N) is 1. The number of aromatic nitrogens is 1. The zero-order chi connectivity index (χ0) is 30.9. The zero-order valence-corrected chi connectivity index (χ0v) is 25.7. The first-order valence-electron chi connectivity index (χ1n) is 16.3. The maximum Gasteiger partial charge on any atom is 0.0626 e. The first-order chi connectivity index (χ1) is 23.3. The Morgan fingerprint density at radius 1 is 0.319 bits per heavy atom. The lowest BCUT2D eigenvalue weighted by Crippen LogP contribution is -1.95. The van der Waals surface area contributed by atoms with Crippen molar-refractivity contribution in [2.45, 2.75) is 0 Å². The number of rotatable bonds is 3. The standard InChI is InChI=1S/C46H29N/c1-3-13-30(14-4-1)31-23-26-34(27-24-31)47-42-28-25-33-17-7-8-18-35(33)44(42)45-43-38-21-11-9-19-36(38)40(32-15-5-2-6-16-32)29-41(43)37-20-10-12-22-39(37)46(45)47/h1-29H. The molecule has 1 heterocycles. The highest BCUT2D eigenvalue weighted by Gasteiger charge is 2.23. The van der Waals surface area contributed by atoms with Crippen molar-refractivity contribution in [2.75, 3.05) is 0 Å². The van der Waals surface area contributed by atoms with E-state index < -0.39 is 0 Å². The van der Waals surface area contributed by atoms with Gasteiger partial charge in [0.2, 0.25) is 0 Å². The summed E-state index contributed by atoms with van der Waals surface area (Å²) < 4.78 is 2.51. The van der Waals surface area contributed by atoms with Gasteiger partial charge in [0.05, 0.1) is 11.0 Å². The Morgan fingerprint density at radius 3 is 1.64 bits per heavy atom. The molecule has 1 aromatic heterocycles. The number of hydrogen-bond acceptors (Lipinski definition) is 0. The normalized spacial score (nSPS) is 11.8. The second-order valence-electron chi connectivity index (χ2n) is 12.5. The molecular weight excluding hydrogens is 567 g/mol. The van der Waals surface area contributed by atoms with E-state index in [9.17, 15) is 0 Å².